The number of ether oxygens (including phenoxy) is 1. The van der Waals surface area contributed by atoms with E-state index in [0.29, 0.717) is 17.9 Å². The molecule has 1 aliphatic heterocycles. The van der Waals surface area contributed by atoms with Gasteiger partial charge in [-0.25, -0.2) is 8.42 Å². The summed E-state index contributed by atoms with van der Waals surface area (Å²) in [6, 6.07) is 4.28. The van der Waals surface area contributed by atoms with Crippen molar-refractivity contribution in [2.24, 2.45) is 11.1 Å². The molecule has 8 heteroatoms. The first kappa shape index (κ1) is 15.6. The van der Waals surface area contributed by atoms with Crippen molar-refractivity contribution in [2.45, 2.75) is 18.2 Å². The minimum Gasteiger partial charge on any atom is -0.495 e. The number of nitrogens with zero attached hydrogens (tertiary/aromatic N) is 1. The molecule has 0 spiro atoms. The van der Waals surface area contributed by atoms with Gasteiger partial charge >= 0.3 is 0 Å². The van der Waals surface area contributed by atoms with Crippen molar-refractivity contribution in [2.75, 3.05) is 25.9 Å². The van der Waals surface area contributed by atoms with Crippen LogP contribution in [-0.4, -0.2) is 38.8 Å². The third-order valence-corrected chi connectivity index (χ3v) is 5.72. The Morgan fingerprint density at radius 3 is 2.62 bits per heavy atom. The van der Waals surface area contributed by atoms with Crippen LogP contribution in [0.2, 0.25) is 0 Å². The zero-order chi connectivity index (χ0) is 15.8. The van der Waals surface area contributed by atoms with Gasteiger partial charge in [0.05, 0.1) is 23.1 Å². The Morgan fingerprint density at radius 2 is 2.10 bits per heavy atom. The molecule has 1 saturated heterocycles. The van der Waals surface area contributed by atoms with Crippen molar-refractivity contribution >= 4 is 21.6 Å². The fourth-order valence-corrected chi connectivity index (χ4v) is 3.91. The summed E-state index contributed by atoms with van der Waals surface area (Å²) < 4.78 is 31.5. The van der Waals surface area contributed by atoms with Gasteiger partial charge in [0.2, 0.25) is 15.9 Å². The Balaban J connectivity index is 2.34. The number of methoxy groups -OCH3 is 1. The largest absolute Gasteiger partial charge is 0.495 e. The van der Waals surface area contributed by atoms with Gasteiger partial charge in [-0.05, 0) is 25.5 Å². The fraction of sp³-hybridized carbons (Fsp3) is 0.462. The summed E-state index contributed by atoms with van der Waals surface area (Å²) in [7, 11) is -2.28. The summed E-state index contributed by atoms with van der Waals surface area (Å²) in [6.45, 7) is 2.01. The van der Waals surface area contributed by atoms with Crippen molar-refractivity contribution in [3.05, 3.63) is 18.2 Å². The number of sulfonamides is 1. The minimum atomic E-state index is -3.70. The van der Waals surface area contributed by atoms with Crippen LogP contribution in [0.4, 0.5) is 5.69 Å². The number of amides is 1. The number of primary amides is 1. The highest BCUT2D eigenvalue weighted by Gasteiger charge is 2.43. The number of anilines is 1. The summed E-state index contributed by atoms with van der Waals surface area (Å²) in [5, 5.41) is 0. The molecular weight excluding hydrogens is 294 g/mol. The number of carbonyl (C=O) groups excluding carboxylic acids is 1. The first-order chi connectivity index (χ1) is 9.70. The molecule has 1 aromatic carbocycles. The Kier molecular flexibility index (Phi) is 3.85. The predicted octanol–water partition coefficient (Wildman–Crippen LogP) is 0.163. The van der Waals surface area contributed by atoms with Gasteiger partial charge < -0.3 is 16.2 Å². The lowest BCUT2D eigenvalue weighted by molar-refractivity contribution is -0.126. The molecule has 0 saturated carbocycles. The molecule has 0 radical (unpaired) electrons. The number of hydrogen-bond donors (Lipinski definition) is 2. The molecule has 116 valence electrons. The van der Waals surface area contributed by atoms with Crippen LogP contribution >= 0.6 is 0 Å². The average molecular weight is 313 g/mol. The van der Waals surface area contributed by atoms with E-state index in [1.807, 2.05) is 0 Å². The van der Waals surface area contributed by atoms with Crippen molar-refractivity contribution < 1.29 is 17.9 Å². The van der Waals surface area contributed by atoms with Crippen molar-refractivity contribution in [1.29, 1.82) is 0 Å². The van der Waals surface area contributed by atoms with Crippen molar-refractivity contribution in [3.63, 3.8) is 0 Å². The van der Waals surface area contributed by atoms with E-state index >= 15 is 0 Å². The Hall–Kier alpha value is -1.80. The molecule has 0 aromatic heterocycles. The summed E-state index contributed by atoms with van der Waals surface area (Å²) in [4.78, 5) is 11.5. The topological polar surface area (TPSA) is 116 Å². The summed E-state index contributed by atoms with van der Waals surface area (Å²) >= 11 is 0. The molecule has 1 heterocycles. The molecule has 1 aromatic rings. The fourth-order valence-electron chi connectivity index (χ4n) is 2.33. The second-order valence-corrected chi connectivity index (χ2v) is 7.36. The maximum absolute atomic E-state index is 12.6. The minimum absolute atomic E-state index is 0.0807. The maximum atomic E-state index is 12.6. The number of nitrogen functional groups attached to an aromatic ring is 1. The number of nitrogens with two attached hydrogens (primary N) is 2. The monoisotopic (exact) mass is 313 g/mol. The van der Waals surface area contributed by atoms with E-state index in [-0.39, 0.29) is 18.0 Å². The van der Waals surface area contributed by atoms with Crippen molar-refractivity contribution in [3.8, 4) is 5.75 Å². The molecule has 7 nitrogen and oxygen atoms in total. The van der Waals surface area contributed by atoms with E-state index in [1.54, 1.807) is 6.92 Å². The summed E-state index contributed by atoms with van der Waals surface area (Å²) in [5.74, 6) is -0.192. The Bertz CT molecular complexity index is 674. The van der Waals surface area contributed by atoms with Crippen LogP contribution in [-0.2, 0) is 14.8 Å². The van der Waals surface area contributed by atoms with Crippen LogP contribution in [0.25, 0.3) is 0 Å². The predicted molar refractivity (Wildman–Crippen MR) is 78.1 cm³/mol. The van der Waals surface area contributed by atoms with Gasteiger partial charge in [-0.1, -0.05) is 0 Å². The number of rotatable bonds is 4. The summed E-state index contributed by atoms with van der Waals surface area (Å²) in [6.07, 6.45) is 0.410. The highest BCUT2D eigenvalue weighted by molar-refractivity contribution is 7.89. The SMILES string of the molecule is COc1cc(S(=O)(=O)N2CCC(C)(C(N)=O)C2)ccc1N. The van der Waals surface area contributed by atoms with E-state index in [9.17, 15) is 13.2 Å². The lowest BCUT2D eigenvalue weighted by atomic mass is 9.89. The molecule has 1 aliphatic rings. The second kappa shape index (κ2) is 5.19. The number of carbonyl (C=O) groups is 1. The van der Waals surface area contributed by atoms with Crippen LogP contribution in [0.5, 0.6) is 5.75 Å². The highest BCUT2D eigenvalue weighted by Crippen LogP contribution is 2.34. The van der Waals surface area contributed by atoms with Crippen LogP contribution in [0.1, 0.15) is 13.3 Å². The first-order valence-electron chi connectivity index (χ1n) is 6.44. The maximum Gasteiger partial charge on any atom is 0.243 e. The number of hydrogen-bond acceptors (Lipinski definition) is 5. The van der Waals surface area contributed by atoms with Crippen LogP contribution < -0.4 is 16.2 Å². The second-order valence-electron chi connectivity index (χ2n) is 5.42. The van der Waals surface area contributed by atoms with Crippen molar-refractivity contribution in [1.82, 2.24) is 4.31 Å². The summed E-state index contributed by atoms with van der Waals surface area (Å²) in [5.41, 5.74) is 10.6. The van der Waals surface area contributed by atoms with Crippen LogP contribution in [0.3, 0.4) is 0 Å². The van der Waals surface area contributed by atoms with Gasteiger partial charge in [0.15, 0.2) is 0 Å². The molecule has 0 aliphatic carbocycles. The molecule has 1 atom stereocenters. The quantitative estimate of drug-likeness (QED) is 0.768. The third-order valence-electron chi connectivity index (χ3n) is 3.88. The molecule has 2 rings (SSSR count). The molecule has 4 N–H and O–H groups in total. The van der Waals surface area contributed by atoms with Crippen LogP contribution in [0.15, 0.2) is 23.1 Å². The van der Waals surface area contributed by atoms with Gasteiger partial charge in [-0.3, -0.25) is 4.79 Å². The lowest BCUT2D eigenvalue weighted by Crippen LogP contribution is -2.38. The zero-order valence-electron chi connectivity index (χ0n) is 12.0. The zero-order valence-corrected chi connectivity index (χ0v) is 12.8. The van der Waals surface area contributed by atoms with Gasteiger partial charge in [-0.2, -0.15) is 4.31 Å². The van der Waals surface area contributed by atoms with Gasteiger partial charge in [0.25, 0.3) is 0 Å². The molecule has 1 amide bonds. The van der Waals surface area contributed by atoms with Gasteiger partial charge in [-0.15, -0.1) is 0 Å². The van der Waals surface area contributed by atoms with Gasteiger partial charge in [0.1, 0.15) is 5.75 Å². The van der Waals surface area contributed by atoms with E-state index < -0.39 is 21.3 Å². The van der Waals surface area contributed by atoms with Gasteiger partial charge in [0, 0.05) is 19.2 Å². The van der Waals surface area contributed by atoms with E-state index in [0.717, 1.165) is 0 Å². The number of benzene rings is 1. The van der Waals surface area contributed by atoms with E-state index in [1.165, 1.54) is 29.6 Å². The first-order valence-corrected chi connectivity index (χ1v) is 7.88. The smallest absolute Gasteiger partial charge is 0.243 e. The van der Waals surface area contributed by atoms with Crippen LogP contribution in [0, 0.1) is 5.41 Å². The standard InChI is InChI=1S/C13H19N3O4S/c1-13(12(15)17)5-6-16(8-13)21(18,19)9-3-4-10(14)11(7-9)20-2/h3-4,7H,5-6,8,14H2,1-2H3,(H2,15,17). The highest BCUT2D eigenvalue weighted by atomic mass is 32.2. The lowest BCUT2D eigenvalue weighted by Gasteiger charge is -2.21. The van der Waals surface area contributed by atoms with E-state index in [2.05, 4.69) is 0 Å². The molecule has 1 fully saturated rings. The van der Waals surface area contributed by atoms with E-state index in [4.69, 9.17) is 16.2 Å². The Labute approximate surface area is 123 Å². The molecule has 1 unspecified atom stereocenters. The Morgan fingerprint density at radius 1 is 1.43 bits per heavy atom. The normalized spacial score (nSPS) is 23.1. The average Bonchev–Trinajstić information content (AvgIpc) is 2.84. The molecule has 21 heavy (non-hydrogen) atoms. The third kappa shape index (κ3) is 2.68. The molecular formula is C13H19N3O4S. The molecule has 0 bridgehead atoms.